The van der Waals surface area contributed by atoms with Gasteiger partial charge in [0.25, 0.3) is 0 Å². The van der Waals surface area contributed by atoms with Crippen molar-refractivity contribution >= 4 is 5.91 Å². The van der Waals surface area contributed by atoms with Gasteiger partial charge in [0.2, 0.25) is 5.91 Å². The Bertz CT molecular complexity index is 275. The minimum atomic E-state index is 0.271. The molecule has 1 amide bonds. The van der Waals surface area contributed by atoms with E-state index in [0.717, 1.165) is 52.1 Å². The molecular weight excluding hydrogens is 228 g/mol. The van der Waals surface area contributed by atoms with Crippen LogP contribution >= 0.6 is 0 Å². The van der Waals surface area contributed by atoms with Gasteiger partial charge in [-0.2, -0.15) is 0 Å². The Morgan fingerprint density at radius 3 is 2.89 bits per heavy atom. The lowest BCUT2D eigenvalue weighted by molar-refractivity contribution is -0.123. The molecule has 1 saturated heterocycles. The van der Waals surface area contributed by atoms with Gasteiger partial charge >= 0.3 is 0 Å². The first kappa shape index (κ1) is 13.8. The first-order chi connectivity index (χ1) is 8.78. The van der Waals surface area contributed by atoms with Gasteiger partial charge in [-0.15, -0.1) is 0 Å². The zero-order valence-electron chi connectivity index (χ0n) is 11.5. The summed E-state index contributed by atoms with van der Waals surface area (Å²) in [7, 11) is 0. The van der Waals surface area contributed by atoms with Crippen molar-refractivity contribution in [2.24, 2.45) is 11.3 Å². The monoisotopic (exact) mass is 254 g/mol. The third-order valence-electron chi connectivity index (χ3n) is 4.22. The molecule has 2 N–H and O–H groups in total. The molecule has 0 aromatic heterocycles. The summed E-state index contributed by atoms with van der Waals surface area (Å²) in [5.41, 5.74) is 0.355. The van der Waals surface area contributed by atoms with E-state index in [4.69, 9.17) is 4.74 Å². The molecule has 104 valence electrons. The van der Waals surface area contributed by atoms with Gasteiger partial charge in [0.05, 0.1) is 0 Å². The molecule has 1 spiro atoms. The average Bonchev–Trinajstić information content (AvgIpc) is 3.08. The Morgan fingerprint density at radius 2 is 2.17 bits per heavy atom. The van der Waals surface area contributed by atoms with Crippen molar-refractivity contribution in [2.45, 2.75) is 39.0 Å². The minimum Gasteiger partial charge on any atom is -0.381 e. The number of hydrogen-bond donors (Lipinski definition) is 2. The standard InChI is InChI=1S/C14H26N2O2/c1-2-9-18-10-3-6-16-13(17)12-11-14(12)4-7-15-8-5-14/h12,15H,2-11H2,1H3,(H,16,17). The molecule has 2 fully saturated rings. The molecule has 1 saturated carbocycles. The van der Waals surface area contributed by atoms with Gasteiger partial charge in [-0.1, -0.05) is 6.92 Å². The number of rotatable bonds is 7. The lowest BCUT2D eigenvalue weighted by Gasteiger charge is -2.23. The number of piperidine rings is 1. The summed E-state index contributed by atoms with van der Waals surface area (Å²) in [5.74, 6) is 0.559. The highest BCUT2D eigenvalue weighted by Gasteiger charge is 2.57. The summed E-state index contributed by atoms with van der Waals surface area (Å²) >= 11 is 0. The average molecular weight is 254 g/mol. The maximum Gasteiger partial charge on any atom is 0.223 e. The van der Waals surface area contributed by atoms with Crippen molar-refractivity contribution in [1.29, 1.82) is 0 Å². The number of amides is 1. The molecule has 0 bridgehead atoms. The molecule has 0 aromatic rings. The lowest BCUT2D eigenvalue weighted by atomic mass is 9.92. The number of carbonyl (C=O) groups is 1. The number of nitrogens with one attached hydrogen (secondary N) is 2. The van der Waals surface area contributed by atoms with E-state index >= 15 is 0 Å². The summed E-state index contributed by atoms with van der Waals surface area (Å²) in [5, 5.41) is 6.42. The van der Waals surface area contributed by atoms with Gasteiger partial charge in [-0.25, -0.2) is 0 Å². The molecule has 4 nitrogen and oxygen atoms in total. The lowest BCUT2D eigenvalue weighted by Crippen LogP contribution is -2.34. The number of ether oxygens (including phenoxy) is 1. The Hall–Kier alpha value is -0.610. The van der Waals surface area contributed by atoms with Gasteiger partial charge in [0, 0.05) is 25.7 Å². The van der Waals surface area contributed by atoms with Crippen LogP contribution in [0.5, 0.6) is 0 Å². The van der Waals surface area contributed by atoms with Crippen LogP contribution in [0.4, 0.5) is 0 Å². The van der Waals surface area contributed by atoms with Gasteiger partial charge in [0.1, 0.15) is 0 Å². The molecule has 1 atom stereocenters. The second-order valence-electron chi connectivity index (χ2n) is 5.63. The van der Waals surface area contributed by atoms with Crippen LogP contribution in [0.3, 0.4) is 0 Å². The Balaban J connectivity index is 1.56. The first-order valence-electron chi connectivity index (χ1n) is 7.35. The largest absolute Gasteiger partial charge is 0.381 e. The SMILES string of the molecule is CCCOCCCNC(=O)C1CC12CCNCC2. The van der Waals surface area contributed by atoms with Crippen LogP contribution < -0.4 is 10.6 Å². The Kier molecular flexibility index (Phi) is 5.01. The summed E-state index contributed by atoms with van der Waals surface area (Å²) in [6.45, 7) is 6.60. The highest BCUT2D eigenvalue weighted by atomic mass is 16.5. The summed E-state index contributed by atoms with van der Waals surface area (Å²) in [4.78, 5) is 12.0. The van der Waals surface area contributed by atoms with Crippen molar-refractivity contribution in [2.75, 3.05) is 32.8 Å². The fourth-order valence-corrected chi connectivity index (χ4v) is 2.95. The van der Waals surface area contributed by atoms with Crippen molar-refractivity contribution < 1.29 is 9.53 Å². The Morgan fingerprint density at radius 1 is 1.39 bits per heavy atom. The summed E-state index contributed by atoms with van der Waals surface area (Å²) < 4.78 is 5.39. The zero-order valence-corrected chi connectivity index (χ0v) is 11.5. The number of carbonyl (C=O) groups excluding carboxylic acids is 1. The predicted octanol–water partition coefficient (Wildman–Crippen LogP) is 1.31. The highest BCUT2D eigenvalue weighted by Crippen LogP contribution is 2.58. The molecule has 1 aliphatic carbocycles. The van der Waals surface area contributed by atoms with Gasteiger partial charge in [-0.3, -0.25) is 4.79 Å². The van der Waals surface area contributed by atoms with E-state index < -0.39 is 0 Å². The molecular formula is C14H26N2O2. The van der Waals surface area contributed by atoms with E-state index in [0.29, 0.717) is 5.41 Å². The number of hydrogen-bond acceptors (Lipinski definition) is 3. The van der Waals surface area contributed by atoms with E-state index in [1.807, 2.05) is 0 Å². The van der Waals surface area contributed by atoms with Crippen LogP contribution in [0.15, 0.2) is 0 Å². The third kappa shape index (κ3) is 3.45. The Labute approximate surface area is 110 Å². The van der Waals surface area contributed by atoms with Crippen LogP contribution in [0.25, 0.3) is 0 Å². The summed E-state index contributed by atoms with van der Waals surface area (Å²) in [6, 6.07) is 0. The van der Waals surface area contributed by atoms with E-state index in [-0.39, 0.29) is 11.8 Å². The van der Waals surface area contributed by atoms with E-state index in [1.54, 1.807) is 0 Å². The molecule has 1 unspecified atom stereocenters. The molecule has 0 aromatic carbocycles. The van der Waals surface area contributed by atoms with Crippen molar-refractivity contribution in [3.63, 3.8) is 0 Å². The topological polar surface area (TPSA) is 50.4 Å². The van der Waals surface area contributed by atoms with Crippen molar-refractivity contribution in [1.82, 2.24) is 10.6 Å². The second-order valence-corrected chi connectivity index (χ2v) is 5.63. The van der Waals surface area contributed by atoms with E-state index in [2.05, 4.69) is 17.6 Å². The molecule has 1 aliphatic heterocycles. The molecule has 4 heteroatoms. The van der Waals surface area contributed by atoms with Crippen LogP contribution in [0.2, 0.25) is 0 Å². The first-order valence-corrected chi connectivity index (χ1v) is 7.35. The van der Waals surface area contributed by atoms with Gasteiger partial charge < -0.3 is 15.4 Å². The predicted molar refractivity (Wildman–Crippen MR) is 71.4 cm³/mol. The fourth-order valence-electron chi connectivity index (χ4n) is 2.95. The normalized spacial score (nSPS) is 25.1. The van der Waals surface area contributed by atoms with Crippen molar-refractivity contribution in [3.8, 4) is 0 Å². The molecule has 0 radical (unpaired) electrons. The smallest absolute Gasteiger partial charge is 0.223 e. The van der Waals surface area contributed by atoms with E-state index in [9.17, 15) is 4.79 Å². The quantitative estimate of drug-likeness (QED) is 0.674. The second kappa shape index (κ2) is 6.53. The molecule has 18 heavy (non-hydrogen) atoms. The van der Waals surface area contributed by atoms with Crippen LogP contribution in [0, 0.1) is 11.3 Å². The highest BCUT2D eigenvalue weighted by molar-refractivity contribution is 5.82. The zero-order chi connectivity index (χ0) is 12.8. The summed E-state index contributed by atoms with van der Waals surface area (Å²) in [6.07, 6.45) is 5.43. The third-order valence-corrected chi connectivity index (χ3v) is 4.22. The van der Waals surface area contributed by atoms with Crippen LogP contribution in [0.1, 0.15) is 39.0 Å². The van der Waals surface area contributed by atoms with Gasteiger partial charge in [0.15, 0.2) is 0 Å². The van der Waals surface area contributed by atoms with Crippen LogP contribution in [-0.4, -0.2) is 38.8 Å². The van der Waals surface area contributed by atoms with Gasteiger partial charge in [-0.05, 0) is 50.6 Å². The van der Waals surface area contributed by atoms with Crippen LogP contribution in [-0.2, 0) is 9.53 Å². The molecule has 2 aliphatic rings. The maximum absolute atomic E-state index is 12.0. The molecule has 1 heterocycles. The fraction of sp³-hybridized carbons (Fsp3) is 0.929. The maximum atomic E-state index is 12.0. The van der Waals surface area contributed by atoms with E-state index in [1.165, 1.54) is 12.8 Å². The molecule has 2 rings (SSSR count). The van der Waals surface area contributed by atoms with Crippen molar-refractivity contribution in [3.05, 3.63) is 0 Å². The minimum absolute atomic E-state index is 0.271.